The summed E-state index contributed by atoms with van der Waals surface area (Å²) in [6.07, 6.45) is 0. The predicted octanol–water partition coefficient (Wildman–Crippen LogP) is 6.74. The van der Waals surface area contributed by atoms with Crippen LogP contribution in [-0.4, -0.2) is 0 Å². The molecule has 0 N–H and O–H groups in total. The SMILES string of the molecule is CC(C)c1ccccc1OP(=O)(Cl)Oc1ccccc1C(C)C. The molecule has 124 valence electrons. The van der Waals surface area contributed by atoms with E-state index in [0.29, 0.717) is 11.5 Å². The maximum atomic E-state index is 12.6. The van der Waals surface area contributed by atoms with Crippen molar-refractivity contribution in [2.75, 3.05) is 0 Å². The van der Waals surface area contributed by atoms with Crippen molar-refractivity contribution in [2.24, 2.45) is 0 Å². The van der Waals surface area contributed by atoms with Gasteiger partial charge in [-0.05, 0) is 35.1 Å². The number of para-hydroxylation sites is 2. The van der Waals surface area contributed by atoms with E-state index < -0.39 is 6.95 Å². The minimum Gasteiger partial charge on any atom is -0.404 e. The largest absolute Gasteiger partial charge is 0.530 e. The summed E-state index contributed by atoms with van der Waals surface area (Å²) in [5.41, 5.74) is 1.88. The molecule has 2 rings (SSSR count). The molecule has 0 heterocycles. The Hall–Kier alpha value is -1.44. The van der Waals surface area contributed by atoms with E-state index in [2.05, 4.69) is 0 Å². The first-order valence-electron chi connectivity index (χ1n) is 7.67. The lowest BCUT2D eigenvalue weighted by Gasteiger charge is -2.19. The van der Waals surface area contributed by atoms with Crippen LogP contribution in [0.2, 0.25) is 0 Å². The number of benzene rings is 2. The predicted molar refractivity (Wildman–Crippen MR) is 95.8 cm³/mol. The molecule has 0 atom stereocenters. The van der Waals surface area contributed by atoms with E-state index in [1.54, 1.807) is 12.1 Å². The highest BCUT2D eigenvalue weighted by Gasteiger charge is 2.27. The molecule has 0 saturated carbocycles. The monoisotopic (exact) mass is 352 g/mol. The van der Waals surface area contributed by atoms with Gasteiger partial charge in [0.15, 0.2) is 0 Å². The van der Waals surface area contributed by atoms with Crippen LogP contribution >= 0.6 is 18.2 Å². The summed E-state index contributed by atoms with van der Waals surface area (Å²) in [6, 6.07) is 14.8. The van der Waals surface area contributed by atoms with Crippen LogP contribution in [0.15, 0.2) is 48.5 Å². The third-order valence-electron chi connectivity index (χ3n) is 3.50. The molecule has 0 bridgehead atoms. The van der Waals surface area contributed by atoms with Gasteiger partial charge in [-0.25, -0.2) is 4.57 Å². The Labute approximate surface area is 142 Å². The van der Waals surface area contributed by atoms with Crippen molar-refractivity contribution in [3.05, 3.63) is 59.7 Å². The second-order valence-corrected chi connectivity index (χ2v) is 8.47. The zero-order valence-corrected chi connectivity index (χ0v) is 15.5. The molecular weight excluding hydrogens is 331 g/mol. The Morgan fingerprint density at radius 2 is 1.13 bits per heavy atom. The summed E-state index contributed by atoms with van der Waals surface area (Å²) in [6.45, 7) is 4.35. The average Bonchev–Trinajstić information content (AvgIpc) is 2.47. The highest BCUT2D eigenvalue weighted by Crippen LogP contribution is 2.55. The number of rotatable bonds is 6. The second kappa shape index (κ2) is 7.42. The van der Waals surface area contributed by atoms with Gasteiger partial charge >= 0.3 is 6.95 Å². The molecule has 0 spiro atoms. The highest BCUT2D eigenvalue weighted by atomic mass is 35.7. The van der Waals surface area contributed by atoms with Gasteiger partial charge in [-0.15, -0.1) is 0 Å². The summed E-state index contributed by atoms with van der Waals surface area (Å²) in [7, 11) is 0. The molecule has 0 fully saturated rings. The molecule has 3 nitrogen and oxygen atoms in total. The minimum absolute atomic E-state index is 0.228. The van der Waals surface area contributed by atoms with E-state index in [1.165, 1.54) is 0 Å². The first-order chi connectivity index (χ1) is 10.8. The fraction of sp³-hybridized carbons (Fsp3) is 0.333. The summed E-state index contributed by atoms with van der Waals surface area (Å²) >= 11 is 6.07. The molecule has 0 aliphatic heterocycles. The van der Waals surface area contributed by atoms with Crippen LogP contribution in [0, 0.1) is 0 Å². The summed E-state index contributed by atoms with van der Waals surface area (Å²) in [5, 5.41) is 0. The Morgan fingerprint density at radius 1 is 0.783 bits per heavy atom. The molecule has 0 aliphatic carbocycles. The lowest BCUT2D eigenvalue weighted by atomic mass is 10.0. The number of hydrogen-bond acceptors (Lipinski definition) is 3. The van der Waals surface area contributed by atoms with Gasteiger partial charge in [0.25, 0.3) is 0 Å². The second-order valence-electron chi connectivity index (χ2n) is 6.00. The molecule has 0 unspecified atom stereocenters. The maximum Gasteiger partial charge on any atom is 0.530 e. The van der Waals surface area contributed by atoms with Crippen molar-refractivity contribution in [1.82, 2.24) is 0 Å². The zero-order valence-electron chi connectivity index (χ0n) is 13.8. The Bertz CT molecular complexity index is 655. The van der Waals surface area contributed by atoms with Crippen LogP contribution in [-0.2, 0) is 4.57 Å². The molecule has 0 aromatic heterocycles. The minimum atomic E-state index is -3.80. The molecular formula is C18H22ClO3P. The van der Waals surface area contributed by atoms with E-state index in [-0.39, 0.29) is 11.8 Å². The van der Waals surface area contributed by atoms with E-state index in [0.717, 1.165) is 11.1 Å². The third kappa shape index (κ3) is 4.76. The van der Waals surface area contributed by atoms with Crippen molar-refractivity contribution in [3.63, 3.8) is 0 Å². The van der Waals surface area contributed by atoms with E-state index in [4.69, 9.17) is 20.3 Å². The quantitative estimate of drug-likeness (QED) is 0.540. The van der Waals surface area contributed by atoms with Crippen LogP contribution in [0.1, 0.15) is 50.7 Å². The molecule has 0 aliphatic rings. The Balaban J connectivity index is 2.26. The Kier molecular flexibility index (Phi) is 5.78. The zero-order chi connectivity index (χ0) is 17.0. The van der Waals surface area contributed by atoms with Gasteiger partial charge in [0, 0.05) is 11.2 Å². The highest BCUT2D eigenvalue weighted by molar-refractivity contribution is 7.82. The molecule has 0 radical (unpaired) electrons. The van der Waals surface area contributed by atoms with E-state index in [1.807, 2.05) is 64.1 Å². The van der Waals surface area contributed by atoms with Crippen LogP contribution < -0.4 is 9.05 Å². The first kappa shape index (κ1) is 17.9. The number of halogens is 1. The molecule has 0 saturated heterocycles. The first-order valence-corrected chi connectivity index (χ1v) is 10.1. The fourth-order valence-corrected chi connectivity index (χ4v) is 3.62. The van der Waals surface area contributed by atoms with E-state index >= 15 is 0 Å². The molecule has 0 amide bonds. The van der Waals surface area contributed by atoms with Crippen LogP contribution in [0.3, 0.4) is 0 Å². The van der Waals surface area contributed by atoms with Crippen molar-refractivity contribution in [2.45, 2.75) is 39.5 Å². The van der Waals surface area contributed by atoms with Crippen LogP contribution in [0.25, 0.3) is 0 Å². The van der Waals surface area contributed by atoms with Crippen LogP contribution in [0.4, 0.5) is 0 Å². The summed E-state index contributed by atoms with van der Waals surface area (Å²) < 4.78 is 23.7. The molecule has 5 heteroatoms. The van der Waals surface area contributed by atoms with Gasteiger partial charge in [0.2, 0.25) is 0 Å². The van der Waals surface area contributed by atoms with Gasteiger partial charge in [0.1, 0.15) is 11.5 Å². The standard InChI is InChI=1S/C18H22ClO3P/c1-13(2)15-9-5-7-11-17(15)21-23(19,20)22-18-12-8-6-10-16(18)14(3)4/h5-14H,1-4H3. The Morgan fingerprint density at radius 3 is 1.48 bits per heavy atom. The van der Waals surface area contributed by atoms with Gasteiger partial charge in [-0.3, -0.25) is 0 Å². The van der Waals surface area contributed by atoms with Crippen molar-refractivity contribution < 1.29 is 13.6 Å². The van der Waals surface area contributed by atoms with Gasteiger partial charge in [-0.2, -0.15) is 0 Å². The maximum absolute atomic E-state index is 12.6. The van der Waals surface area contributed by atoms with Crippen molar-refractivity contribution >= 4 is 18.2 Å². The lowest BCUT2D eigenvalue weighted by Crippen LogP contribution is -2.01. The normalized spacial score (nSPS) is 11.8. The summed E-state index contributed by atoms with van der Waals surface area (Å²) in [4.78, 5) is 0. The van der Waals surface area contributed by atoms with Gasteiger partial charge in [0.05, 0.1) is 0 Å². The van der Waals surface area contributed by atoms with E-state index in [9.17, 15) is 4.57 Å². The number of hydrogen-bond donors (Lipinski definition) is 0. The van der Waals surface area contributed by atoms with Crippen LogP contribution in [0.5, 0.6) is 11.5 Å². The van der Waals surface area contributed by atoms with Gasteiger partial charge < -0.3 is 9.05 Å². The third-order valence-corrected chi connectivity index (χ3v) is 4.74. The molecule has 2 aromatic rings. The molecule has 2 aromatic carbocycles. The smallest absolute Gasteiger partial charge is 0.404 e. The van der Waals surface area contributed by atoms with Gasteiger partial charge in [-0.1, -0.05) is 64.1 Å². The lowest BCUT2D eigenvalue weighted by molar-refractivity contribution is 0.401. The summed E-state index contributed by atoms with van der Waals surface area (Å²) in [5.74, 6) is 1.43. The van der Waals surface area contributed by atoms with Crippen molar-refractivity contribution in [1.29, 1.82) is 0 Å². The topological polar surface area (TPSA) is 35.5 Å². The van der Waals surface area contributed by atoms with Crippen molar-refractivity contribution in [3.8, 4) is 11.5 Å². The molecule has 23 heavy (non-hydrogen) atoms. The fourth-order valence-electron chi connectivity index (χ4n) is 2.33. The average molecular weight is 353 g/mol.